The number of carbonyl (C=O) groups is 1. The van der Waals surface area contributed by atoms with Crippen LogP contribution in [-0.4, -0.2) is 28.3 Å². The molecule has 1 aromatic rings. The van der Waals surface area contributed by atoms with Gasteiger partial charge in [-0.2, -0.15) is 0 Å². The number of nitrogens with one attached hydrogen (secondary N) is 1. The number of hydrogen-bond acceptors (Lipinski definition) is 3. The van der Waals surface area contributed by atoms with Crippen LogP contribution in [0.25, 0.3) is 0 Å². The van der Waals surface area contributed by atoms with Gasteiger partial charge in [-0.1, -0.05) is 30.3 Å². The highest BCUT2D eigenvalue weighted by molar-refractivity contribution is 5.74. The van der Waals surface area contributed by atoms with Gasteiger partial charge in [-0.05, 0) is 12.5 Å². The van der Waals surface area contributed by atoms with Crippen molar-refractivity contribution < 1.29 is 15.0 Å². The first-order chi connectivity index (χ1) is 7.11. The lowest BCUT2D eigenvalue weighted by Gasteiger charge is -2.16. The number of aliphatic hydroxyl groups excluding tert-OH is 1. The van der Waals surface area contributed by atoms with E-state index < -0.39 is 18.1 Å². The standard InChI is InChI=1S/C11H15NO3/c1-8(13)10(11(14)15)12-7-9-5-3-2-4-6-9/h2-6,8,10,12-13H,7H2,1H3,(H,14,15). The second-order valence-corrected chi connectivity index (χ2v) is 3.42. The van der Waals surface area contributed by atoms with Crippen LogP contribution in [0.5, 0.6) is 0 Å². The molecule has 0 radical (unpaired) electrons. The molecule has 0 aromatic heterocycles. The molecule has 4 nitrogen and oxygen atoms in total. The van der Waals surface area contributed by atoms with E-state index in [1.165, 1.54) is 6.92 Å². The normalized spacial score (nSPS) is 14.5. The molecule has 0 amide bonds. The number of carboxylic acids is 1. The number of hydrogen-bond donors (Lipinski definition) is 3. The molecule has 0 aliphatic heterocycles. The van der Waals surface area contributed by atoms with Crippen molar-refractivity contribution in [3.63, 3.8) is 0 Å². The molecule has 3 N–H and O–H groups in total. The van der Waals surface area contributed by atoms with Crippen LogP contribution in [-0.2, 0) is 11.3 Å². The summed E-state index contributed by atoms with van der Waals surface area (Å²) in [6.07, 6.45) is -0.911. The predicted molar refractivity (Wildman–Crippen MR) is 56.4 cm³/mol. The predicted octanol–water partition coefficient (Wildman–Crippen LogP) is 0.610. The highest BCUT2D eigenvalue weighted by Gasteiger charge is 2.21. The van der Waals surface area contributed by atoms with Gasteiger partial charge in [0.2, 0.25) is 0 Å². The fraction of sp³-hybridized carbons (Fsp3) is 0.364. The van der Waals surface area contributed by atoms with Crippen LogP contribution >= 0.6 is 0 Å². The monoisotopic (exact) mass is 209 g/mol. The molecule has 2 atom stereocenters. The van der Waals surface area contributed by atoms with Crippen molar-refractivity contribution >= 4 is 5.97 Å². The highest BCUT2D eigenvalue weighted by atomic mass is 16.4. The van der Waals surface area contributed by atoms with Crippen LogP contribution in [0.1, 0.15) is 12.5 Å². The summed E-state index contributed by atoms with van der Waals surface area (Å²) in [5.41, 5.74) is 0.990. The Labute approximate surface area is 88.6 Å². The molecule has 0 saturated heterocycles. The van der Waals surface area contributed by atoms with Crippen molar-refractivity contribution in [3.05, 3.63) is 35.9 Å². The largest absolute Gasteiger partial charge is 0.480 e. The molecule has 0 heterocycles. The summed E-state index contributed by atoms with van der Waals surface area (Å²) < 4.78 is 0. The van der Waals surface area contributed by atoms with Crippen LogP contribution in [0.15, 0.2) is 30.3 Å². The summed E-state index contributed by atoms with van der Waals surface area (Å²) in [5.74, 6) is -1.04. The average molecular weight is 209 g/mol. The molecule has 0 spiro atoms. The Kier molecular flexibility index (Phi) is 4.27. The van der Waals surface area contributed by atoms with Crippen molar-refractivity contribution in [1.29, 1.82) is 0 Å². The summed E-state index contributed by atoms with van der Waals surface area (Å²) in [4.78, 5) is 10.7. The third-order valence-corrected chi connectivity index (χ3v) is 2.12. The number of carboxylic acid groups (broad SMARTS) is 1. The Balaban J connectivity index is 2.51. The van der Waals surface area contributed by atoms with Gasteiger partial charge in [0.15, 0.2) is 0 Å². The van der Waals surface area contributed by atoms with Gasteiger partial charge < -0.3 is 10.2 Å². The Morgan fingerprint density at radius 2 is 2.00 bits per heavy atom. The Morgan fingerprint density at radius 1 is 1.40 bits per heavy atom. The first-order valence-corrected chi connectivity index (χ1v) is 4.79. The first kappa shape index (κ1) is 11.7. The van der Waals surface area contributed by atoms with Crippen LogP contribution < -0.4 is 5.32 Å². The lowest BCUT2D eigenvalue weighted by Crippen LogP contribution is -2.44. The minimum Gasteiger partial charge on any atom is -0.480 e. The van der Waals surface area contributed by atoms with Gasteiger partial charge in [0.25, 0.3) is 0 Å². The van der Waals surface area contributed by atoms with Gasteiger partial charge >= 0.3 is 5.97 Å². The van der Waals surface area contributed by atoms with Crippen LogP contribution in [0.3, 0.4) is 0 Å². The van der Waals surface area contributed by atoms with Gasteiger partial charge in [-0.25, -0.2) is 0 Å². The molecule has 0 aliphatic rings. The average Bonchev–Trinajstić information content (AvgIpc) is 2.18. The van der Waals surface area contributed by atoms with E-state index in [1.807, 2.05) is 30.3 Å². The van der Waals surface area contributed by atoms with Crippen molar-refractivity contribution in [1.82, 2.24) is 5.32 Å². The van der Waals surface area contributed by atoms with E-state index in [4.69, 9.17) is 5.11 Å². The quantitative estimate of drug-likeness (QED) is 0.664. The van der Waals surface area contributed by atoms with E-state index >= 15 is 0 Å². The van der Waals surface area contributed by atoms with E-state index in [1.54, 1.807) is 0 Å². The van der Waals surface area contributed by atoms with Gasteiger partial charge in [-0.15, -0.1) is 0 Å². The molecule has 0 aliphatic carbocycles. The van der Waals surface area contributed by atoms with Gasteiger partial charge in [0.05, 0.1) is 6.10 Å². The van der Waals surface area contributed by atoms with E-state index in [9.17, 15) is 9.90 Å². The number of benzene rings is 1. The molecule has 0 fully saturated rings. The van der Waals surface area contributed by atoms with Crippen LogP contribution in [0, 0.1) is 0 Å². The van der Waals surface area contributed by atoms with Crippen molar-refractivity contribution in [3.8, 4) is 0 Å². The fourth-order valence-electron chi connectivity index (χ4n) is 1.29. The van der Waals surface area contributed by atoms with Crippen molar-refractivity contribution in [2.45, 2.75) is 25.6 Å². The SMILES string of the molecule is CC(O)C(NCc1ccccc1)C(=O)O. The summed E-state index contributed by atoms with van der Waals surface area (Å²) >= 11 is 0. The van der Waals surface area contributed by atoms with Crippen molar-refractivity contribution in [2.24, 2.45) is 0 Å². The topological polar surface area (TPSA) is 69.6 Å². The van der Waals surface area contributed by atoms with Crippen LogP contribution in [0.4, 0.5) is 0 Å². The third-order valence-electron chi connectivity index (χ3n) is 2.12. The second kappa shape index (κ2) is 5.48. The molecule has 4 heteroatoms. The third kappa shape index (κ3) is 3.69. The Hall–Kier alpha value is -1.39. The molecule has 82 valence electrons. The van der Waals surface area contributed by atoms with E-state index in [0.29, 0.717) is 6.54 Å². The molecular formula is C11H15NO3. The van der Waals surface area contributed by atoms with E-state index in [0.717, 1.165) is 5.56 Å². The number of rotatable bonds is 5. The number of aliphatic carboxylic acids is 1. The molecular weight excluding hydrogens is 194 g/mol. The molecule has 15 heavy (non-hydrogen) atoms. The maximum absolute atomic E-state index is 10.7. The minimum absolute atomic E-state index is 0.433. The maximum atomic E-state index is 10.7. The summed E-state index contributed by atoms with van der Waals surface area (Å²) in [7, 11) is 0. The minimum atomic E-state index is -1.04. The first-order valence-electron chi connectivity index (χ1n) is 4.79. The van der Waals surface area contributed by atoms with Crippen LogP contribution in [0.2, 0.25) is 0 Å². The van der Waals surface area contributed by atoms with Gasteiger partial charge in [0, 0.05) is 6.54 Å². The summed E-state index contributed by atoms with van der Waals surface area (Å²) in [6.45, 7) is 1.89. The number of aliphatic hydroxyl groups is 1. The Morgan fingerprint density at radius 3 is 2.47 bits per heavy atom. The smallest absolute Gasteiger partial charge is 0.323 e. The van der Waals surface area contributed by atoms with Crippen molar-refractivity contribution in [2.75, 3.05) is 0 Å². The Bertz CT molecular complexity index is 311. The summed E-state index contributed by atoms with van der Waals surface area (Å²) in [6, 6.07) is 8.53. The second-order valence-electron chi connectivity index (χ2n) is 3.42. The zero-order valence-electron chi connectivity index (χ0n) is 8.55. The van der Waals surface area contributed by atoms with E-state index in [-0.39, 0.29) is 0 Å². The van der Waals surface area contributed by atoms with E-state index in [2.05, 4.69) is 5.32 Å². The lowest BCUT2D eigenvalue weighted by atomic mass is 10.1. The maximum Gasteiger partial charge on any atom is 0.323 e. The lowest BCUT2D eigenvalue weighted by molar-refractivity contribution is -0.142. The molecule has 1 rings (SSSR count). The fourth-order valence-corrected chi connectivity index (χ4v) is 1.29. The zero-order valence-corrected chi connectivity index (χ0v) is 8.55. The molecule has 1 aromatic carbocycles. The molecule has 2 unspecified atom stereocenters. The van der Waals surface area contributed by atoms with Gasteiger partial charge in [0.1, 0.15) is 6.04 Å². The molecule has 0 bridgehead atoms. The zero-order chi connectivity index (χ0) is 11.3. The van der Waals surface area contributed by atoms with Gasteiger partial charge in [-0.3, -0.25) is 10.1 Å². The summed E-state index contributed by atoms with van der Waals surface area (Å²) in [5, 5.41) is 20.8. The highest BCUT2D eigenvalue weighted by Crippen LogP contribution is 2.00. The molecule has 0 saturated carbocycles.